The van der Waals surface area contributed by atoms with E-state index in [9.17, 15) is 14.7 Å². The second-order valence-corrected chi connectivity index (χ2v) is 7.25. The lowest BCUT2D eigenvalue weighted by atomic mass is 9.91. The van der Waals surface area contributed by atoms with Crippen molar-refractivity contribution in [1.82, 2.24) is 10.2 Å². The summed E-state index contributed by atoms with van der Waals surface area (Å²) in [5, 5.41) is 20.6. The molecular formula is C21H13N3O4S. The molecule has 3 heterocycles. The number of Topliss-reactive ketones (excluding diaryl/α,β-unsaturated/α-hetero) is 1. The van der Waals surface area contributed by atoms with Gasteiger partial charge in [-0.15, -0.1) is 10.2 Å². The van der Waals surface area contributed by atoms with Gasteiger partial charge in [-0.25, -0.2) is 0 Å². The minimum absolute atomic E-state index is 0.0449. The average Bonchev–Trinajstić information content (AvgIpc) is 3.49. The van der Waals surface area contributed by atoms with Crippen LogP contribution in [0.15, 0.2) is 82.1 Å². The van der Waals surface area contributed by atoms with E-state index in [2.05, 4.69) is 10.2 Å². The lowest BCUT2D eigenvalue weighted by Crippen LogP contribution is -2.31. The number of rotatable bonds is 4. The number of amides is 1. The summed E-state index contributed by atoms with van der Waals surface area (Å²) < 4.78 is 5.24. The van der Waals surface area contributed by atoms with Gasteiger partial charge in [0.25, 0.3) is 5.91 Å². The molecule has 2 aromatic heterocycles. The van der Waals surface area contributed by atoms with E-state index in [0.29, 0.717) is 10.7 Å². The maximum absolute atomic E-state index is 13.2. The number of carbonyl (C=O) groups is 2. The molecule has 1 amide bonds. The number of furan rings is 1. The molecule has 0 aliphatic carbocycles. The minimum atomic E-state index is -0.862. The fraction of sp³-hybridized carbons (Fsp3) is 0.0476. The van der Waals surface area contributed by atoms with Gasteiger partial charge < -0.3 is 9.52 Å². The van der Waals surface area contributed by atoms with Crippen molar-refractivity contribution in [2.45, 2.75) is 6.04 Å². The fourth-order valence-electron chi connectivity index (χ4n) is 3.63. The van der Waals surface area contributed by atoms with Gasteiger partial charge in [-0.1, -0.05) is 53.8 Å². The first-order chi connectivity index (χ1) is 14.2. The van der Waals surface area contributed by atoms with Crippen molar-refractivity contribution in [2.75, 3.05) is 4.90 Å². The number of carbonyl (C=O) groups excluding carboxylic acids is 2. The molecule has 0 spiro atoms. The molecule has 29 heavy (non-hydrogen) atoms. The van der Waals surface area contributed by atoms with E-state index in [1.54, 1.807) is 6.07 Å². The quantitative estimate of drug-likeness (QED) is 0.516. The van der Waals surface area contributed by atoms with Crippen molar-refractivity contribution in [3.05, 3.63) is 89.0 Å². The number of fused-ring (bicyclic) bond motifs is 1. The van der Waals surface area contributed by atoms with Crippen LogP contribution in [0.1, 0.15) is 22.2 Å². The van der Waals surface area contributed by atoms with Crippen LogP contribution in [0.4, 0.5) is 5.13 Å². The average molecular weight is 403 g/mol. The molecule has 5 rings (SSSR count). The van der Waals surface area contributed by atoms with Crippen molar-refractivity contribution >= 4 is 38.9 Å². The Kier molecular flexibility index (Phi) is 3.99. The van der Waals surface area contributed by atoms with Gasteiger partial charge in [-0.05, 0) is 28.5 Å². The number of nitrogens with zero attached hydrogens (tertiary/aromatic N) is 3. The van der Waals surface area contributed by atoms with E-state index >= 15 is 0 Å². The van der Waals surface area contributed by atoms with Crippen LogP contribution in [0, 0.1) is 0 Å². The summed E-state index contributed by atoms with van der Waals surface area (Å²) in [4.78, 5) is 27.5. The van der Waals surface area contributed by atoms with Gasteiger partial charge >= 0.3 is 0 Å². The number of ketones is 1. The third-order valence-corrected chi connectivity index (χ3v) is 5.56. The highest BCUT2D eigenvalue weighted by atomic mass is 32.1. The second kappa shape index (κ2) is 6.68. The van der Waals surface area contributed by atoms with Crippen molar-refractivity contribution in [1.29, 1.82) is 0 Å². The minimum Gasteiger partial charge on any atom is -0.503 e. The Morgan fingerprint density at radius 1 is 1.10 bits per heavy atom. The van der Waals surface area contributed by atoms with Gasteiger partial charge in [0.2, 0.25) is 10.9 Å². The molecule has 7 nitrogen and oxygen atoms in total. The van der Waals surface area contributed by atoms with E-state index in [4.69, 9.17) is 4.42 Å². The van der Waals surface area contributed by atoms with E-state index in [0.717, 1.165) is 22.1 Å². The zero-order chi connectivity index (χ0) is 20.0. The summed E-state index contributed by atoms with van der Waals surface area (Å²) in [6, 6.07) is 15.5. The molecule has 0 bridgehead atoms. The lowest BCUT2D eigenvalue weighted by Gasteiger charge is -2.25. The largest absolute Gasteiger partial charge is 0.503 e. The Morgan fingerprint density at radius 3 is 2.69 bits per heavy atom. The van der Waals surface area contributed by atoms with Crippen molar-refractivity contribution < 1.29 is 19.1 Å². The standard InChI is InChI=1S/C21H13N3O4S/c25-18(15-9-4-10-28-15)16-17(14-8-3-6-12-5-1-2-7-13(12)14)24(20(27)19(16)26)21-23-22-11-29-21/h1-11,17,26H. The van der Waals surface area contributed by atoms with Crippen LogP contribution in [0.25, 0.3) is 10.8 Å². The van der Waals surface area contributed by atoms with Crippen LogP contribution in [0.2, 0.25) is 0 Å². The summed E-state index contributed by atoms with van der Waals surface area (Å²) in [6.45, 7) is 0. The van der Waals surface area contributed by atoms with Crippen LogP contribution in [-0.2, 0) is 4.79 Å². The molecule has 8 heteroatoms. The number of benzene rings is 2. The topological polar surface area (TPSA) is 96.5 Å². The van der Waals surface area contributed by atoms with E-state index in [-0.39, 0.29) is 11.3 Å². The number of aromatic nitrogens is 2. The molecule has 1 unspecified atom stereocenters. The van der Waals surface area contributed by atoms with Crippen LogP contribution < -0.4 is 4.90 Å². The van der Waals surface area contributed by atoms with Crippen LogP contribution in [0.3, 0.4) is 0 Å². The van der Waals surface area contributed by atoms with Crippen LogP contribution in [-0.4, -0.2) is 27.0 Å². The maximum atomic E-state index is 13.2. The van der Waals surface area contributed by atoms with Crippen molar-refractivity contribution in [3.63, 3.8) is 0 Å². The number of anilines is 1. The molecule has 1 N–H and O–H groups in total. The predicted molar refractivity (Wildman–Crippen MR) is 107 cm³/mol. The third-order valence-electron chi connectivity index (χ3n) is 4.87. The molecule has 1 aliphatic rings. The highest BCUT2D eigenvalue weighted by Crippen LogP contribution is 2.44. The molecule has 1 atom stereocenters. The van der Waals surface area contributed by atoms with Gasteiger partial charge in [-0.2, -0.15) is 0 Å². The molecule has 142 valence electrons. The monoisotopic (exact) mass is 403 g/mol. The molecular weight excluding hydrogens is 390 g/mol. The Labute approximate surface area is 168 Å². The number of aliphatic hydroxyl groups is 1. The van der Waals surface area contributed by atoms with Crippen LogP contribution >= 0.6 is 11.3 Å². The molecule has 4 aromatic rings. The molecule has 0 saturated carbocycles. The molecule has 0 radical (unpaired) electrons. The van der Waals surface area contributed by atoms with Gasteiger partial charge in [0.05, 0.1) is 17.9 Å². The number of aliphatic hydroxyl groups excluding tert-OH is 1. The fourth-order valence-corrected chi connectivity index (χ4v) is 4.22. The van der Waals surface area contributed by atoms with Gasteiger partial charge in [0, 0.05) is 0 Å². The lowest BCUT2D eigenvalue weighted by molar-refractivity contribution is -0.117. The Morgan fingerprint density at radius 2 is 1.93 bits per heavy atom. The molecule has 0 fully saturated rings. The Balaban J connectivity index is 1.76. The molecule has 0 saturated heterocycles. The first-order valence-electron chi connectivity index (χ1n) is 8.75. The van der Waals surface area contributed by atoms with E-state index < -0.39 is 23.5 Å². The summed E-state index contributed by atoms with van der Waals surface area (Å²) in [5.41, 5.74) is 2.15. The zero-order valence-electron chi connectivity index (χ0n) is 14.9. The van der Waals surface area contributed by atoms with Crippen molar-refractivity contribution in [2.24, 2.45) is 0 Å². The summed E-state index contributed by atoms with van der Waals surface area (Å²) in [7, 11) is 0. The zero-order valence-corrected chi connectivity index (χ0v) is 15.7. The molecule has 2 aromatic carbocycles. The molecule has 1 aliphatic heterocycles. The SMILES string of the molecule is O=C(C1=C(O)C(=O)N(c2nncs2)C1c1cccc2ccccc12)c1ccco1. The highest BCUT2D eigenvalue weighted by Gasteiger charge is 2.46. The summed E-state index contributed by atoms with van der Waals surface area (Å²) in [5.74, 6) is -1.82. The maximum Gasteiger partial charge on any atom is 0.296 e. The third kappa shape index (κ3) is 2.65. The normalized spacial score (nSPS) is 16.8. The van der Waals surface area contributed by atoms with Crippen LogP contribution in [0.5, 0.6) is 0 Å². The number of hydrogen-bond donors (Lipinski definition) is 1. The number of hydrogen-bond acceptors (Lipinski definition) is 7. The summed E-state index contributed by atoms with van der Waals surface area (Å²) >= 11 is 1.15. The predicted octanol–water partition coefficient (Wildman–Crippen LogP) is 4.07. The second-order valence-electron chi connectivity index (χ2n) is 6.44. The smallest absolute Gasteiger partial charge is 0.296 e. The first kappa shape index (κ1) is 17.3. The van der Waals surface area contributed by atoms with Gasteiger partial charge in [0.15, 0.2) is 11.5 Å². The first-order valence-corrected chi connectivity index (χ1v) is 9.63. The van der Waals surface area contributed by atoms with E-state index in [1.165, 1.54) is 22.7 Å². The van der Waals surface area contributed by atoms with Gasteiger partial charge in [0.1, 0.15) is 5.51 Å². The van der Waals surface area contributed by atoms with E-state index in [1.807, 2.05) is 42.5 Å². The Bertz CT molecular complexity index is 1260. The summed E-state index contributed by atoms with van der Waals surface area (Å²) in [6.07, 6.45) is 1.37. The Hall–Kier alpha value is -3.78. The van der Waals surface area contributed by atoms with Gasteiger partial charge in [-0.3, -0.25) is 14.5 Å². The van der Waals surface area contributed by atoms with Crippen molar-refractivity contribution in [3.8, 4) is 0 Å². The highest BCUT2D eigenvalue weighted by molar-refractivity contribution is 7.13.